The number of carbonyl (C=O) groups is 1. The van der Waals surface area contributed by atoms with Crippen LogP contribution in [0.25, 0.3) is 5.76 Å². The number of ether oxygens (including phenoxy) is 1. The predicted octanol–water partition coefficient (Wildman–Crippen LogP) is 2.97. The molecule has 4 rings (SSSR count). The summed E-state index contributed by atoms with van der Waals surface area (Å²) in [7, 11) is 0. The van der Waals surface area contributed by atoms with E-state index in [2.05, 4.69) is 6.07 Å². The van der Waals surface area contributed by atoms with Crippen LogP contribution >= 0.6 is 11.8 Å². The van der Waals surface area contributed by atoms with Crippen molar-refractivity contribution in [2.75, 3.05) is 5.75 Å². The Kier molecular flexibility index (Phi) is 3.58. The van der Waals surface area contributed by atoms with E-state index in [4.69, 9.17) is 16.2 Å². The highest BCUT2D eigenvalue weighted by molar-refractivity contribution is 7.99. The van der Waals surface area contributed by atoms with Crippen LogP contribution in [0.2, 0.25) is 0 Å². The summed E-state index contributed by atoms with van der Waals surface area (Å²) >= 11 is 1.73. The highest BCUT2D eigenvalue weighted by atomic mass is 32.2. The molecule has 2 heterocycles. The minimum absolute atomic E-state index is 0.0943. The second-order valence-electron chi connectivity index (χ2n) is 5.73. The fourth-order valence-corrected chi connectivity index (χ4v) is 4.37. The van der Waals surface area contributed by atoms with Crippen molar-refractivity contribution in [3.63, 3.8) is 0 Å². The van der Waals surface area contributed by atoms with E-state index in [1.54, 1.807) is 11.8 Å². The van der Waals surface area contributed by atoms with Crippen LogP contribution in [0.15, 0.2) is 76.5 Å². The van der Waals surface area contributed by atoms with Crippen LogP contribution in [0, 0.1) is 0 Å². The van der Waals surface area contributed by atoms with Gasteiger partial charge < -0.3 is 16.2 Å². The average Bonchev–Trinajstić information content (AvgIpc) is 2.61. The van der Waals surface area contributed by atoms with Crippen molar-refractivity contribution in [2.24, 2.45) is 11.5 Å². The van der Waals surface area contributed by atoms with Gasteiger partial charge in [0, 0.05) is 22.1 Å². The van der Waals surface area contributed by atoms with E-state index < -0.39 is 5.91 Å². The van der Waals surface area contributed by atoms with Crippen LogP contribution in [-0.4, -0.2) is 11.7 Å². The van der Waals surface area contributed by atoms with Gasteiger partial charge in [-0.3, -0.25) is 4.79 Å². The SMILES string of the molecule is NC(=O)C1=C(N)OC2=C(CSc3ccccc32)C1c1ccccc1. The molecule has 24 heavy (non-hydrogen) atoms. The second-order valence-corrected chi connectivity index (χ2v) is 6.74. The summed E-state index contributed by atoms with van der Waals surface area (Å²) in [6.07, 6.45) is 0. The van der Waals surface area contributed by atoms with Gasteiger partial charge in [0.25, 0.3) is 5.91 Å². The lowest BCUT2D eigenvalue weighted by molar-refractivity contribution is -0.115. The lowest BCUT2D eigenvalue weighted by Crippen LogP contribution is -2.30. The molecule has 1 atom stereocenters. The number of benzene rings is 2. The van der Waals surface area contributed by atoms with Crippen LogP contribution in [0.4, 0.5) is 0 Å². The van der Waals surface area contributed by atoms with Gasteiger partial charge in [0.1, 0.15) is 5.76 Å². The molecule has 0 saturated heterocycles. The molecule has 0 aliphatic carbocycles. The third kappa shape index (κ3) is 2.29. The molecule has 0 spiro atoms. The van der Waals surface area contributed by atoms with Gasteiger partial charge in [0.15, 0.2) is 0 Å². The van der Waals surface area contributed by atoms with E-state index in [-0.39, 0.29) is 11.8 Å². The Hall–Kier alpha value is -2.66. The normalized spacial score (nSPS) is 19.4. The first-order valence-electron chi connectivity index (χ1n) is 7.64. The topological polar surface area (TPSA) is 78.3 Å². The maximum absolute atomic E-state index is 12.0. The summed E-state index contributed by atoms with van der Waals surface area (Å²) in [5.74, 6) is 0.762. The molecule has 1 unspecified atom stereocenters. The highest BCUT2D eigenvalue weighted by Crippen LogP contribution is 2.48. The maximum atomic E-state index is 12.0. The van der Waals surface area contributed by atoms with Crippen LogP contribution in [-0.2, 0) is 9.53 Å². The maximum Gasteiger partial charge on any atom is 0.250 e. The first kappa shape index (κ1) is 14.9. The van der Waals surface area contributed by atoms with Gasteiger partial charge in [-0.25, -0.2) is 0 Å². The van der Waals surface area contributed by atoms with E-state index in [1.807, 2.05) is 48.5 Å². The molecule has 0 radical (unpaired) electrons. The largest absolute Gasteiger partial charge is 0.440 e. The number of amides is 1. The molecular formula is C19H16N2O2S. The number of fused-ring (bicyclic) bond motifs is 2. The van der Waals surface area contributed by atoms with Gasteiger partial charge in [0.05, 0.1) is 5.57 Å². The fraction of sp³-hybridized carbons (Fsp3) is 0.105. The summed E-state index contributed by atoms with van der Waals surface area (Å²) in [6.45, 7) is 0. The van der Waals surface area contributed by atoms with Crippen LogP contribution in [0.3, 0.4) is 0 Å². The third-order valence-electron chi connectivity index (χ3n) is 4.32. The summed E-state index contributed by atoms with van der Waals surface area (Å²) in [5.41, 5.74) is 15.1. The van der Waals surface area contributed by atoms with Crippen molar-refractivity contribution < 1.29 is 9.53 Å². The molecule has 120 valence electrons. The van der Waals surface area contributed by atoms with Gasteiger partial charge in [-0.05, 0) is 17.2 Å². The molecule has 0 bridgehead atoms. The van der Waals surface area contributed by atoms with Crippen molar-refractivity contribution in [1.29, 1.82) is 0 Å². The van der Waals surface area contributed by atoms with E-state index >= 15 is 0 Å². The third-order valence-corrected chi connectivity index (χ3v) is 5.44. The zero-order chi connectivity index (χ0) is 16.7. The Morgan fingerprint density at radius 3 is 2.54 bits per heavy atom. The molecule has 4 nitrogen and oxygen atoms in total. The monoisotopic (exact) mass is 336 g/mol. The summed E-state index contributed by atoms with van der Waals surface area (Å²) < 4.78 is 5.87. The molecule has 4 N–H and O–H groups in total. The van der Waals surface area contributed by atoms with Crippen LogP contribution in [0.1, 0.15) is 17.0 Å². The number of carbonyl (C=O) groups excluding carboxylic acids is 1. The smallest absolute Gasteiger partial charge is 0.250 e. The summed E-state index contributed by atoms with van der Waals surface area (Å²) in [6, 6.07) is 17.9. The molecule has 2 aliphatic heterocycles. The van der Waals surface area contributed by atoms with Crippen molar-refractivity contribution in [3.05, 3.63) is 82.8 Å². The first-order chi connectivity index (χ1) is 11.7. The minimum Gasteiger partial charge on any atom is -0.440 e. The quantitative estimate of drug-likeness (QED) is 0.884. The van der Waals surface area contributed by atoms with Crippen LogP contribution < -0.4 is 11.5 Å². The molecular weight excluding hydrogens is 320 g/mol. The molecule has 2 aromatic carbocycles. The van der Waals surface area contributed by atoms with E-state index in [0.29, 0.717) is 5.57 Å². The average molecular weight is 336 g/mol. The number of primary amides is 1. The first-order valence-corrected chi connectivity index (χ1v) is 8.63. The van der Waals surface area contributed by atoms with Gasteiger partial charge in [-0.15, -0.1) is 11.8 Å². The van der Waals surface area contributed by atoms with E-state index in [0.717, 1.165) is 33.1 Å². The predicted molar refractivity (Wildman–Crippen MR) is 94.8 cm³/mol. The van der Waals surface area contributed by atoms with Crippen molar-refractivity contribution in [3.8, 4) is 0 Å². The Labute approximate surface area is 144 Å². The fourth-order valence-electron chi connectivity index (χ4n) is 3.27. The molecule has 2 aliphatic rings. The highest BCUT2D eigenvalue weighted by Gasteiger charge is 2.37. The van der Waals surface area contributed by atoms with E-state index in [1.165, 1.54) is 0 Å². The van der Waals surface area contributed by atoms with E-state index in [9.17, 15) is 4.79 Å². The lowest BCUT2D eigenvalue weighted by atomic mass is 9.82. The molecule has 0 aromatic heterocycles. The zero-order valence-corrected chi connectivity index (χ0v) is 13.7. The van der Waals surface area contributed by atoms with Gasteiger partial charge in [-0.1, -0.05) is 48.5 Å². The van der Waals surface area contributed by atoms with Gasteiger partial charge in [0.2, 0.25) is 5.88 Å². The van der Waals surface area contributed by atoms with Gasteiger partial charge in [-0.2, -0.15) is 0 Å². The Morgan fingerprint density at radius 2 is 1.79 bits per heavy atom. The number of nitrogens with two attached hydrogens (primary N) is 2. The second kappa shape index (κ2) is 5.76. The van der Waals surface area contributed by atoms with Crippen molar-refractivity contribution in [1.82, 2.24) is 0 Å². The number of rotatable bonds is 2. The minimum atomic E-state index is -0.545. The summed E-state index contributed by atoms with van der Waals surface area (Å²) in [5, 5.41) is 0. The van der Waals surface area contributed by atoms with Crippen LogP contribution in [0.5, 0.6) is 0 Å². The number of hydrogen-bond donors (Lipinski definition) is 2. The molecule has 2 aromatic rings. The number of thioether (sulfide) groups is 1. The van der Waals surface area contributed by atoms with Crippen molar-refractivity contribution >= 4 is 23.4 Å². The summed E-state index contributed by atoms with van der Waals surface area (Å²) in [4.78, 5) is 13.2. The number of hydrogen-bond acceptors (Lipinski definition) is 4. The Bertz CT molecular complexity index is 887. The lowest BCUT2D eigenvalue weighted by Gasteiger charge is -2.33. The molecule has 0 fully saturated rings. The molecule has 5 heteroatoms. The standard InChI is InChI=1S/C19H16N2O2S/c20-18(22)16-15(11-6-2-1-3-7-11)13-10-24-14-9-5-4-8-12(14)17(13)23-19(16)21/h1-9,15H,10,21H2,(H2,20,22). The molecule has 0 saturated carbocycles. The van der Waals surface area contributed by atoms with Crippen molar-refractivity contribution in [2.45, 2.75) is 10.8 Å². The zero-order valence-electron chi connectivity index (χ0n) is 12.9. The Morgan fingerprint density at radius 1 is 1.08 bits per heavy atom. The van der Waals surface area contributed by atoms with Gasteiger partial charge >= 0.3 is 0 Å². The molecule has 1 amide bonds. The Balaban J connectivity index is 1.94.